The normalized spacial score (nSPS) is 21.2. The minimum Gasteiger partial charge on any atom is -0.330 e. The minimum absolute atomic E-state index is 0.0594. The number of hydrogen-bond donors (Lipinski definition) is 0. The van der Waals surface area contributed by atoms with Gasteiger partial charge < -0.3 is 4.90 Å². The number of allylic oxidation sites excluding steroid dienone is 2. The summed E-state index contributed by atoms with van der Waals surface area (Å²) in [6, 6.07) is 33.4. The second-order valence-electron chi connectivity index (χ2n) is 13.2. The van der Waals surface area contributed by atoms with Crippen molar-refractivity contribution < 1.29 is 0 Å². The number of hydrogen-bond acceptors (Lipinski definition) is 3. The summed E-state index contributed by atoms with van der Waals surface area (Å²) in [5, 5.41) is 2.54. The third-order valence-corrected chi connectivity index (χ3v) is 10.6. The van der Waals surface area contributed by atoms with Gasteiger partial charge in [0.2, 0.25) is 0 Å². The van der Waals surface area contributed by atoms with Crippen molar-refractivity contribution in [3.8, 4) is 33.6 Å². The lowest BCUT2D eigenvalue weighted by Crippen LogP contribution is -2.42. The van der Waals surface area contributed by atoms with Gasteiger partial charge in [0.15, 0.2) is 0 Å². The molecule has 6 aromatic rings. The molecule has 5 aromatic carbocycles. The monoisotopic (exact) mass is 551 g/mol. The second kappa shape index (κ2) is 7.67. The van der Waals surface area contributed by atoms with Crippen molar-refractivity contribution in [2.75, 3.05) is 4.90 Å². The molecular weight excluding hydrogens is 522 g/mol. The van der Waals surface area contributed by atoms with E-state index in [0.717, 1.165) is 22.4 Å². The zero-order chi connectivity index (χ0) is 28.7. The van der Waals surface area contributed by atoms with Crippen LogP contribution < -0.4 is 4.90 Å². The molecule has 0 N–H and O–H groups in total. The van der Waals surface area contributed by atoms with E-state index in [1.807, 2.05) is 12.1 Å². The van der Waals surface area contributed by atoms with Crippen molar-refractivity contribution >= 4 is 33.2 Å². The molecule has 0 spiro atoms. The molecule has 0 fully saturated rings. The molecule has 3 nitrogen and oxygen atoms in total. The Morgan fingerprint density at radius 3 is 2.21 bits per heavy atom. The molecule has 0 bridgehead atoms. The Balaban J connectivity index is 1.26. The van der Waals surface area contributed by atoms with Gasteiger partial charge in [-0.05, 0) is 65.1 Å². The van der Waals surface area contributed by atoms with Crippen LogP contribution in [0.25, 0.3) is 55.4 Å². The standard InChI is InChI=1S/C40H29N3/c1-39(2)30-14-5-4-11-24(30)25-19-18-23(21-32(25)39)43-38-27-13-10-12-26-35(27)29(22-28(38)31-15-8-9-20-40(31,43)3)37-36(26)41-33-16-6-7-17-34(33)42-37/h4-22,31H,1-3H3. The predicted octanol–water partition coefficient (Wildman–Crippen LogP) is 9.86. The Labute approximate surface area is 250 Å². The number of anilines is 2. The van der Waals surface area contributed by atoms with Crippen LogP contribution >= 0.6 is 0 Å². The van der Waals surface area contributed by atoms with Crippen LogP contribution in [0.5, 0.6) is 0 Å². The van der Waals surface area contributed by atoms with Crippen molar-refractivity contribution in [3.05, 3.63) is 132 Å². The molecule has 0 amide bonds. The van der Waals surface area contributed by atoms with Crippen molar-refractivity contribution in [1.29, 1.82) is 0 Å². The van der Waals surface area contributed by atoms with Crippen molar-refractivity contribution in [1.82, 2.24) is 9.97 Å². The quantitative estimate of drug-likeness (QED) is 0.203. The Hall–Kier alpha value is -5.02. The van der Waals surface area contributed by atoms with Gasteiger partial charge >= 0.3 is 0 Å². The minimum atomic E-state index is -0.237. The Bertz CT molecular complexity index is 2310. The van der Waals surface area contributed by atoms with Crippen LogP contribution in [-0.4, -0.2) is 15.5 Å². The highest BCUT2D eigenvalue weighted by Crippen LogP contribution is 2.61. The lowest BCUT2D eigenvalue weighted by molar-refractivity contribution is 0.542. The van der Waals surface area contributed by atoms with Crippen LogP contribution in [0.15, 0.2) is 115 Å². The van der Waals surface area contributed by atoms with E-state index in [1.165, 1.54) is 61.1 Å². The summed E-state index contributed by atoms with van der Waals surface area (Å²) in [6.45, 7) is 7.13. The molecule has 0 saturated carbocycles. The van der Waals surface area contributed by atoms with Crippen molar-refractivity contribution in [2.24, 2.45) is 0 Å². The fourth-order valence-electron chi connectivity index (χ4n) is 8.57. The van der Waals surface area contributed by atoms with E-state index in [1.54, 1.807) is 0 Å². The van der Waals surface area contributed by atoms with Crippen molar-refractivity contribution in [2.45, 2.75) is 37.6 Å². The van der Waals surface area contributed by atoms with Gasteiger partial charge in [0, 0.05) is 38.9 Å². The maximum atomic E-state index is 5.19. The van der Waals surface area contributed by atoms with Crippen LogP contribution in [0.4, 0.5) is 11.4 Å². The summed E-state index contributed by atoms with van der Waals surface area (Å²) < 4.78 is 0. The summed E-state index contributed by atoms with van der Waals surface area (Å²) in [7, 11) is 0. The molecule has 1 aromatic heterocycles. The summed E-state index contributed by atoms with van der Waals surface area (Å²) in [5.41, 5.74) is 15.4. The molecule has 43 heavy (non-hydrogen) atoms. The lowest BCUT2D eigenvalue weighted by atomic mass is 9.79. The first-order valence-electron chi connectivity index (χ1n) is 15.2. The van der Waals surface area contributed by atoms with Crippen LogP contribution in [-0.2, 0) is 5.41 Å². The van der Waals surface area contributed by atoms with Crippen LogP contribution in [0.3, 0.4) is 0 Å². The summed E-state index contributed by atoms with van der Waals surface area (Å²) in [4.78, 5) is 13.0. The van der Waals surface area contributed by atoms with Gasteiger partial charge in [0.1, 0.15) is 0 Å². The van der Waals surface area contributed by atoms with Crippen LogP contribution in [0.1, 0.15) is 43.4 Å². The van der Waals surface area contributed by atoms with Crippen LogP contribution in [0.2, 0.25) is 0 Å². The molecule has 4 aliphatic rings. The third kappa shape index (κ3) is 2.76. The van der Waals surface area contributed by atoms with Gasteiger partial charge in [-0.15, -0.1) is 0 Å². The Kier molecular flexibility index (Phi) is 4.20. The van der Waals surface area contributed by atoms with Gasteiger partial charge in [-0.1, -0.05) is 98.8 Å². The summed E-state index contributed by atoms with van der Waals surface area (Å²) in [6.07, 6.45) is 9.21. The fraction of sp³-hybridized carbons (Fsp3) is 0.150. The topological polar surface area (TPSA) is 29.0 Å². The van der Waals surface area contributed by atoms with E-state index >= 15 is 0 Å². The SMILES string of the molecule is CC1(C)c2ccccc2-c2ccc(N3c4c(cc5c6c(cccc46)-c4nc6ccccc6nc4-5)C4C=CC=CC43C)cc21. The molecule has 3 aliphatic carbocycles. The van der Waals surface area contributed by atoms with E-state index in [2.05, 4.69) is 129 Å². The second-order valence-corrected chi connectivity index (χ2v) is 13.2. The number of fused-ring (bicyclic) bond motifs is 11. The number of benzene rings is 5. The fourth-order valence-corrected chi connectivity index (χ4v) is 8.57. The van der Waals surface area contributed by atoms with E-state index < -0.39 is 0 Å². The largest absolute Gasteiger partial charge is 0.330 e. The maximum Gasteiger partial charge on any atom is 0.0979 e. The molecule has 10 rings (SSSR count). The van der Waals surface area contributed by atoms with E-state index in [4.69, 9.17) is 9.97 Å². The molecule has 0 radical (unpaired) electrons. The zero-order valence-corrected chi connectivity index (χ0v) is 24.4. The first-order valence-corrected chi connectivity index (χ1v) is 15.2. The van der Waals surface area contributed by atoms with Gasteiger partial charge in [-0.3, -0.25) is 0 Å². The molecule has 3 heteroatoms. The average molecular weight is 552 g/mol. The Morgan fingerprint density at radius 1 is 0.651 bits per heavy atom. The highest BCUT2D eigenvalue weighted by atomic mass is 15.2. The molecule has 2 atom stereocenters. The smallest absolute Gasteiger partial charge is 0.0979 e. The number of nitrogens with zero attached hydrogens (tertiary/aromatic N) is 3. The molecule has 2 heterocycles. The van der Waals surface area contributed by atoms with E-state index in [-0.39, 0.29) is 16.9 Å². The zero-order valence-electron chi connectivity index (χ0n) is 24.4. The van der Waals surface area contributed by atoms with Gasteiger partial charge in [0.25, 0.3) is 0 Å². The third-order valence-electron chi connectivity index (χ3n) is 10.6. The molecule has 204 valence electrons. The first-order chi connectivity index (χ1) is 20.9. The predicted molar refractivity (Wildman–Crippen MR) is 177 cm³/mol. The lowest BCUT2D eigenvalue weighted by Gasteiger charge is -2.40. The number of aromatic nitrogens is 2. The van der Waals surface area contributed by atoms with E-state index in [0.29, 0.717) is 0 Å². The molecule has 2 unspecified atom stereocenters. The van der Waals surface area contributed by atoms with Crippen molar-refractivity contribution in [3.63, 3.8) is 0 Å². The molecule has 1 aliphatic heterocycles. The molecular formula is C40H29N3. The Morgan fingerprint density at radius 2 is 1.37 bits per heavy atom. The van der Waals surface area contributed by atoms with Crippen LogP contribution in [0, 0.1) is 0 Å². The highest BCUT2D eigenvalue weighted by Gasteiger charge is 2.49. The number of para-hydroxylation sites is 2. The highest BCUT2D eigenvalue weighted by molar-refractivity contribution is 6.19. The van der Waals surface area contributed by atoms with Gasteiger partial charge in [-0.2, -0.15) is 0 Å². The first kappa shape index (κ1) is 23.5. The van der Waals surface area contributed by atoms with E-state index in [9.17, 15) is 0 Å². The maximum absolute atomic E-state index is 5.19. The summed E-state index contributed by atoms with van der Waals surface area (Å²) >= 11 is 0. The average Bonchev–Trinajstić information content (AvgIpc) is 3.57. The van der Waals surface area contributed by atoms with Gasteiger partial charge in [0.05, 0.1) is 33.6 Å². The summed E-state index contributed by atoms with van der Waals surface area (Å²) in [5.74, 6) is 0.215. The number of rotatable bonds is 1. The van der Waals surface area contributed by atoms with Gasteiger partial charge in [-0.25, -0.2) is 9.97 Å². The molecule has 0 saturated heterocycles.